The van der Waals surface area contributed by atoms with Gasteiger partial charge in [0.1, 0.15) is 11.9 Å². The van der Waals surface area contributed by atoms with Crippen molar-refractivity contribution in [3.05, 3.63) is 30.3 Å². The van der Waals surface area contributed by atoms with Crippen LogP contribution in [0.25, 0.3) is 0 Å². The number of carboxylic acid groups (broad SMARTS) is 1. The first-order valence-electron chi connectivity index (χ1n) is 4.95. The highest BCUT2D eigenvalue weighted by Crippen LogP contribution is 2.17. The van der Waals surface area contributed by atoms with Gasteiger partial charge in [-0.2, -0.15) is 0 Å². The van der Waals surface area contributed by atoms with Crippen molar-refractivity contribution in [2.45, 2.75) is 12.5 Å². The Morgan fingerprint density at radius 3 is 2.73 bits per heavy atom. The predicted molar refractivity (Wildman–Crippen MR) is 55.1 cm³/mol. The molecule has 0 bridgehead atoms. The number of carbonyl (C=O) groups is 1. The van der Waals surface area contributed by atoms with E-state index < -0.39 is 6.09 Å². The average molecular weight is 207 g/mol. The smallest absolute Gasteiger partial charge is 0.407 e. The van der Waals surface area contributed by atoms with Crippen LogP contribution in [0.4, 0.5) is 4.79 Å². The van der Waals surface area contributed by atoms with Crippen molar-refractivity contribution in [1.29, 1.82) is 0 Å². The summed E-state index contributed by atoms with van der Waals surface area (Å²) in [5, 5.41) is 8.77. The molecule has 15 heavy (non-hydrogen) atoms. The summed E-state index contributed by atoms with van der Waals surface area (Å²) in [5.41, 5.74) is 0. The summed E-state index contributed by atoms with van der Waals surface area (Å²) >= 11 is 0. The van der Waals surface area contributed by atoms with E-state index in [4.69, 9.17) is 9.84 Å². The van der Waals surface area contributed by atoms with Gasteiger partial charge in [0.25, 0.3) is 0 Å². The number of hydrogen-bond acceptors (Lipinski definition) is 2. The van der Waals surface area contributed by atoms with Gasteiger partial charge in [-0.1, -0.05) is 18.2 Å². The molecule has 1 atom stereocenters. The van der Waals surface area contributed by atoms with Crippen molar-refractivity contribution in [2.24, 2.45) is 0 Å². The molecule has 4 nitrogen and oxygen atoms in total. The molecule has 4 heteroatoms. The number of likely N-dealkylation sites (tertiary alicyclic amines) is 1. The summed E-state index contributed by atoms with van der Waals surface area (Å²) in [4.78, 5) is 12.1. The van der Waals surface area contributed by atoms with E-state index in [9.17, 15) is 4.79 Å². The molecule has 0 aliphatic carbocycles. The van der Waals surface area contributed by atoms with Gasteiger partial charge in [-0.25, -0.2) is 4.79 Å². The molecule has 2 rings (SSSR count). The van der Waals surface area contributed by atoms with E-state index in [0.29, 0.717) is 13.1 Å². The molecule has 1 aromatic carbocycles. The van der Waals surface area contributed by atoms with E-state index in [1.165, 1.54) is 4.90 Å². The molecule has 0 unspecified atom stereocenters. The van der Waals surface area contributed by atoms with Crippen molar-refractivity contribution in [2.75, 3.05) is 13.1 Å². The molecule has 0 radical (unpaired) electrons. The third kappa shape index (κ3) is 2.40. The highest BCUT2D eigenvalue weighted by molar-refractivity contribution is 5.65. The van der Waals surface area contributed by atoms with Crippen molar-refractivity contribution in [3.63, 3.8) is 0 Å². The van der Waals surface area contributed by atoms with Crippen molar-refractivity contribution in [1.82, 2.24) is 4.90 Å². The number of nitrogens with zero attached hydrogens (tertiary/aromatic N) is 1. The van der Waals surface area contributed by atoms with Gasteiger partial charge in [-0.05, 0) is 12.1 Å². The van der Waals surface area contributed by atoms with Gasteiger partial charge in [-0.3, -0.25) is 0 Å². The van der Waals surface area contributed by atoms with Gasteiger partial charge >= 0.3 is 6.09 Å². The van der Waals surface area contributed by atoms with E-state index in [2.05, 4.69) is 0 Å². The monoisotopic (exact) mass is 207 g/mol. The van der Waals surface area contributed by atoms with E-state index in [1.54, 1.807) is 0 Å². The van der Waals surface area contributed by atoms with Crippen molar-refractivity contribution >= 4 is 6.09 Å². The Morgan fingerprint density at radius 2 is 2.13 bits per heavy atom. The summed E-state index contributed by atoms with van der Waals surface area (Å²) in [7, 11) is 0. The first kappa shape index (κ1) is 9.83. The summed E-state index contributed by atoms with van der Waals surface area (Å²) in [6, 6.07) is 9.48. The van der Waals surface area contributed by atoms with Crippen LogP contribution in [-0.4, -0.2) is 35.3 Å². The van der Waals surface area contributed by atoms with Crippen LogP contribution in [0.3, 0.4) is 0 Å². The van der Waals surface area contributed by atoms with Crippen molar-refractivity contribution in [3.8, 4) is 5.75 Å². The Balaban J connectivity index is 1.90. The van der Waals surface area contributed by atoms with E-state index in [1.807, 2.05) is 30.3 Å². The normalized spacial score (nSPS) is 20.3. The van der Waals surface area contributed by atoms with Crippen LogP contribution in [-0.2, 0) is 0 Å². The Bertz CT molecular complexity index is 339. The molecule has 1 fully saturated rings. The minimum atomic E-state index is -0.867. The lowest BCUT2D eigenvalue weighted by atomic mass is 10.3. The third-order valence-corrected chi connectivity index (χ3v) is 2.46. The maximum absolute atomic E-state index is 10.7. The summed E-state index contributed by atoms with van der Waals surface area (Å²) in [6.07, 6.45) is -0.112. The second kappa shape index (κ2) is 4.21. The number of para-hydroxylation sites is 1. The number of rotatable bonds is 2. The molecule has 0 saturated carbocycles. The molecule has 1 aliphatic rings. The first-order chi connectivity index (χ1) is 7.25. The number of benzene rings is 1. The highest BCUT2D eigenvalue weighted by Gasteiger charge is 2.26. The van der Waals surface area contributed by atoms with Crippen LogP contribution in [0.5, 0.6) is 5.75 Å². The zero-order valence-corrected chi connectivity index (χ0v) is 8.30. The van der Waals surface area contributed by atoms with Crippen LogP contribution in [0.2, 0.25) is 0 Å². The predicted octanol–water partition coefficient (Wildman–Crippen LogP) is 1.82. The second-order valence-corrected chi connectivity index (χ2v) is 3.57. The van der Waals surface area contributed by atoms with Crippen LogP contribution in [0, 0.1) is 0 Å². The zero-order chi connectivity index (χ0) is 10.7. The number of amides is 1. The van der Waals surface area contributed by atoms with E-state index in [0.717, 1.165) is 12.2 Å². The SMILES string of the molecule is O=C(O)N1CC[C@H](Oc2ccccc2)C1. The Hall–Kier alpha value is -1.71. The lowest BCUT2D eigenvalue weighted by Crippen LogP contribution is -2.29. The highest BCUT2D eigenvalue weighted by atomic mass is 16.5. The van der Waals surface area contributed by atoms with Gasteiger partial charge in [0, 0.05) is 13.0 Å². The number of ether oxygens (including phenoxy) is 1. The molecule has 1 aliphatic heterocycles. The topological polar surface area (TPSA) is 49.8 Å². The molecular weight excluding hydrogens is 194 g/mol. The maximum Gasteiger partial charge on any atom is 0.407 e. The molecule has 1 amide bonds. The standard InChI is InChI=1S/C11H13NO3/c13-11(14)12-7-6-10(8-12)15-9-4-2-1-3-5-9/h1-5,10H,6-8H2,(H,13,14)/t10-/m0/s1. The van der Waals surface area contributed by atoms with Crippen LogP contribution < -0.4 is 4.74 Å². The fraction of sp³-hybridized carbons (Fsp3) is 0.364. The third-order valence-electron chi connectivity index (χ3n) is 2.46. The number of hydrogen-bond donors (Lipinski definition) is 1. The summed E-state index contributed by atoms with van der Waals surface area (Å²) < 4.78 is 5.65. The van der Waals surface area contributed by atoms with Gasteiger partial charge in [0.05, 0.1) is 6.54 Å². The zero-order valence-electron chi connectivity index (χ0n) is 8.30. The fourth-order valence-corrected chi connectivity index (χ4v) is 1.69. The minimum Gasteiger partial charge on any atom is -0.489 e. The van der Waals surface area contributed by atoms with E-state index >= 15 is 0 Å². The molecule has 80 valence electrons. The molecule has 1 N–H and O–H groups in total. The lowest BCUT2D eigenvalue weighted by molar-refractivity contribution is 0.145. The van der Waals surface area contributed by atoms with Gasteiger partial charge in [0.2, 0.25) is 0 Å². The van der Waals surface area contributed by atoms with E-state index in [-0.39, 0.29) is 6.10 Å². The molecule has 1 saturated heterocycles. The molecular formula is C11H13NO3. The Labute approximate surface area is 88.1 Å². The summed E-state index contributed by atoms with van der Waals surface area (Å²) in [5.74, 6) is 0.801. The van der Waals surface area contributed by atoms with Gasteiger partial charge in [0.15, 0.2) is 0 Å². The van der Waals surface area contributed by atoms with Gasteiger partial charge in [-0.15, -0.1) is 0 Å². The Kier molecular flexibility index (Phi) is 2.76. The van der Waals surface area contributed by atoms with Crippen LogP contribution in [0.15, 0.2) is 30.3 Å². The van der Waals surface area contributed by atoms with Crippen molar-refractivity contribution < 1.29 is 14.6 Å². The molecule has 0 aromatic heterocycles. The molecule has 1 heterocycles. The van der Waals surface area contributed by atoms with Crippen LogP contribution in [0.1, 0.15) is 6.42 Å². The average Bonchev–Trinajstić information content (AvgIpc) is 2.68. The first-order valence-corrected chi connectivity index (χ1v) is 4.95. The van der Waals surface area contributed by atoms with Crippen LogP contribution >= 0.6 is 0 Å². The van der Waals surface area contributed by atoms with Gasteiger partial charge < -0.3 is 14.7 Å². The largest absolute Gasteiger partial charge is 0.489 e. The summed E-state index contributed by atoms with van der Waals surface area (Å²) in [6.45, 7) is 1.02. The lowest BCUT2D eigenvalue weighted by Gasteiger charge is -2.14. The quantitative estimate of drug-likeness (QED) is 0.804. The maximum atomic E-state index is 10.7. The minimum absolute atomic E-state index is 0.0106. The fourth-order valence-electron chi connectivity index (χ4n) is 1.69. The molecule has 0 spiro atoms. The Morgan fingerprint density at radius 1 is 1.40 bits per heavy atom. The molecule has 1 aromatic rings. The second-order valence-electron chi connectivity index (χ2n) is 3.57.